The molecule has 1 N–H and O–H groups in total. The van der Waals surface area contributed by atoms with Crippen LogP contribution < -0.4 is 10.1 Å². The van der Waals surface area contributed by atoms with Gasteiger partial charge in [-0.05, 0) is 30.5 Å². The number of methoxy groups -OCH3 is 1. The highest BCUT2D eigenvalue weighted by atomic mass is 32.1. The number of aryl methyl sites for hydroxylation is 1. The highest BCUT2D eigenvalue weighted by Crippen LogP contribution is 2.36. The van der Waals surface area contributed by atoms with E-state index in [1.807, 2.05) is 47.2 Å². The van der Waals surface area contributed by atoms with E-state index >= 15 is 0 Å². The molecule has 5 rings (SSSR count). The van der Waals surface area contributed by atoms with Crippen LogP contribution in [0.5, 0.6) is 5.75 Å². The minimum Gasteiger partial charge on any atom is -0.495 e. The highest BCUT2D eigenvalue weighted by molar-refractivity contribution is 7.17. The summed E-state index contributed by atoms with van der Waals surface area (Å²) in [6, 6.07) is 13.1. The lowest BCUT2D eigenvalue weighted by molar-refractivity contribution is -0.119. The number of ether oxygens (including phenoxy) is 2. The molecule has 9 heteroatoms. The number of benzene rings is 2. The summed E-state index contributed by atoms with van der Waals surface area (Å²) >= 11 is 2.81. The second kappa shape index (κ2) is 8.68. The second-order valence-electron chi connectivity index (χ2n) is 7.22. The van der Waals surface area contributed by atoms with E-state index in [0.717, 1.165) is 26.9 Å². The van der Waals surface area contributed by atoms with E-state index in [0.29, 0.717) is 27.6 Å². The molecular formula is C24H18N2O5S2. The van der Waals surface area contributed by atoms with Crippen molar-refractivity contribution in [1.29, 1.82) is 0 Å². The van der Waals surface area contributed by atoms with Gasteiger partial charge in [0.1, 0.15) is 26.8 Å². The standard InChI is InChI=1S/C24H18N2O5S2/c1-13-22(33-23(25-13)14-7-8-32-12-14)24(28)30-11-21(27)26-17-10-19-16(9-20(17)29-2)15-5-3-4-6-18(15)31-19/h3-10,12H,11H2,1-2H3,(H,26,27). The van der Waals surface area contributed by atoms with E-state index in [2.05, 4.69) is 10.3 Å². The molecular weight excluding hydrogens is 460 g/mol. The van der Waals surface area contributed by atoms with Crippen LogP contribution in [0.25, 0.3) is 32.5 Å². The normalized spacial score (nSPS) is 11.1. The lowest BCUT2D eigenvalue weighted by Crippen LogP contribution is -2.21. The van der Waals surface area contributed by atoms with Gasteiger partial charge in [0.05, 0.1) is 18.5 Å². The third kappa shape index (κ3) is 4.08. The number of hydrogen-bond acceptors (Lipinski definition) is 8. The SMILES string of the molecule is COc1cc2c(cc1NC(=O)COC(=O)c1sc(-c3ccsc3)nc1C)oc1ccccc12. The molecule has 0 saturated carbocycles. The minimum absolute atomic E-state index is 0.380. The summed E-state index contributed by atoms with van der Waals surface area (Å²) in [5.74, 6) is -0.592. The molecule has 0 atom stereocenters. The Kier molecular flexibility index (Phi) is 5.57. The number of fused-ring (bicyclic) bond motifs is 3. The molecule has 0 spiro atoms. The molecule has 166 valence electrons. The van der Waals surface area contributed by atoms with Gasteiger partial charge >= 0.3 is 5.97 Å². The number of nitrogens with zero attached hydrogens (tertiary/aromatic N) is 1. The maximum Gasteiger partial charge on any atom is 0.350 e. The van der Waals surface area contributed by atoms with Gasteiger partial charge in [-0.3, -0.25) is 4.79 Å². The summed E-state index contributed by atoms with van der Waals surface area (Å²) < 4.78 is 16.6. The number of thiophene rings is 1. The smallest absolute Gasteiger partial charge is 0.350 e. The van der Waals surface area contributed by atoms with Crippen LogP contribution in [0.2, 0.25) is 0 Å². The largest absolute Gasteiger partial charge is 0.495 e. The molecule has 0 saturated heterocycles. The molecule has 0 aliphatic heterocycles. The molecule has 2 aromatic carbocycles. The number of rotatable bonds is 6. The van der Waals surface area contributed by atoms with Crippen molar-refractivity contribution >= 4 is 62.2 Å². The van der Waals surface area contributed by atoms with Crippen molar-refractivity contribution in [3.05, 3.63) is 63.8 Å². The Morgan fingerprint density at radius 3 is 2.76 bits per heavy atom. The molecule has 0 radical (unpaired) electrons. The number of carbonyl (C=O) groups is 2. The number of para-hydroxylation sites is 1. The van der Waals surface area contributed by atoms with Gasteiger partial charge in [-0.2, -0.15) is 11.3 Å². The van der Waals surface area contributed by atoms with Gasteiger partial charge in [-0.25, -0.2) is 9.78 Å². The molecule has 0 aliphatic carbocycles. The van der Waals surface area contributed by atoms with Crippen LogP contribution in [0, 0.1) is 6.92 Å². The van der Waals surface area contributed by atoms with Gasteiger partial charge in [0.2, 0.25) is 0 Å². The molecule has 3 heterocycles. The number of aromatic nitrogens is 1. The van der Waals surface area contributed by atoms with Crippen molar-refractivity contribution in [2.75, 3.05) is 19.0 Å². The maximum atomic E-state index is 12.5. The fourth-order valence-corrected chi connectivity index (χ4v) is 5.17. The zero-order valence-corrected chi connectivity index (χ0v) is 19.3. The Labute approximate surface area is 196 Å². The average Bonchev–Trinajstić information content (AvgIpc) is 3.55. The van der Waals surface area contributed by atoms with Crippen LogP contribution in [0.3, 0.4) is 0 Å². The molecule has 33 heavy (non-hydrogen) atoms. The van der Waals surface area contributed by atoms with Crippen molar-refractivity contribution in [2.45, 2.75) is 6.92 Å². The Morgan fingerprint density at radius 2 is 1.97 bits per heavy atom. The fraction of sp³-hybridized carbons (Fsp3) is 0.125. The van der Waals surface area contributed by atoms with E-state index in [4.69, 9.17) is 13.9 Å². The second-order valence-corrected chi connectivity index (χ2v) is 9.00. The van der Waals surface area contributed by atoms with E-state index < -0.39 is 18.5 Å². The first kappa shape index (κ1) is 21.2. The molecule has 5 aromatic rings. The molecule has 7 nitrogen and oxygen atoms in total. The number of carbonyl (C=O) groups excluding carboxylic acids is 2. The van der Waals surface area contributed by atoms with Gasteiger partial charge < -0.3 is 19.2 Å². The summed E-state index contributed by atoms with van der Waals surface area (Å²) in [5, 5.41) is 9.24. The van der Waals surface area contributed by atoms with Crippen LogP contribution >= 0.6 is 22.7 Å². The van der Waals surface area contributed by atoms with Crippen molar-refractivity contribution in [3.63, 3.8) is 0 Å². The topological polar surface area (TPSA) is 90.7 Å². The zero-order chi connectivity index (χ0) is 22.9. The lowest BCUT2D eigenvalue weighted by atomic mass is 10.1. The Bertz CT molecular complexity index is 1480. The molecule has 0 aliphatic rings. The number of anilines is 1. The number of furan rings is 1. The Balaban J connectivity index is 1.30. The van der Waals surface area contributed by atoms with Gasteiger partial charge in [0, 0.05) is 27.8 Å². The first-order valence-corrected chi connectivity index (χ1v) is 11.8. The number of hydrogen-bond donors (Lipinski definition) is 1. The van der Waals surface area contributed by atoms with E-state index in [1.165, 1.54) is 18.4 Å². The summed E-state index contributed by atoms with van der Waals surface area (Å²) in [6.07, 6.45) is 0. The fourth-order valence-electron chi connectivity index (χ4n) is 3.50. The van der Waals surface area contributed by atoms with Crippen LogP contribution in [-0.4, -0.2) is 30.6 Å². The lowest BCUT2D eigenvalue weighted by Gasteiger charge is -2.10. The van der Waals surface area contributed by atoms with E-state index in [-0.39, 0.29) is 0 Å². The maximum absolute atomic E-state index is 12.5. The summed E-state index contributed by atoms with van der Waals surface area (Å²) in [4.78, 5) is 29.9. The number of esters is 1. The predicted octanol–water partition coefficient (Wildman–Crippen LogP) is 5.88. The van der Waals surface area contributed by atoms with Crippen LogP contribution in [0.4, 0.5) is 5.69 Å². The monoisotopic (exact) mass is 478 g/mol. The van der Waals surface area contributed by atoms with Crippen LogP contribution in [0.1, 0.15) is 15.4 Å². The van der Waals surface area contributed by atoms with Crippen molar-refractivity contribution < 1.29 is 23.5 Å². The van der Waals surface area contributed by atoms with Gasteiger partial charge in [0.15, 0.2) is 6.61 Å². The van der Waals surface area contributed by atoms with Crippen LogP contribution in [-0.2, 0) is 9.53 Å². The van der Waals surface area contributed by atoms with Crippen LogP contribution in [0.15, 0.2) is 57.6 Å². The molecule has 3 aromatic heterocycles. The van der Waals surface area contributed by atoms with Gasteiger partial charge in [-0.1, -0.05) is 18.2 Å². The van der Waals surface area contributed by atoms with Crippen molar-refractivity contribution in [3.8, 4) is 16.3 Å². The van der Waals surface area contributed by atoms with E-state index in [9.17, 15) is 9.59 Å². The van der Waals surface area contributed by atoms with Gasteiger partial charge in [-0.15, -0.1) is 11.3 Å². The summed E-state index contributed by atoms with van der Waals surface area (Å²) in [5.41, 5.74) is 3.32. The molecule has 0 unspecified atom stereocenters. The quantitative estimate of drug-likeness (QED) is 0.306. The first-order valence-electron chi connectivity index (χ1n) is 9.99. The third-order valence-corrected chi connectivity index (χ3v) is 6.93. The predicted molar refractivity (Wildman–Crippen MR) is 129 cm³/mol. The number of amides is 1. The molecule has 1 amide bonds. The third-order valence-electron chi connectivity index (χ3n) is 5.06. The molecule has 0 fully saturated rings. The summed E-state index contributed by atoms with van der Waals surface area (Å²) in [7, 11) is 1.52. The van der Waals surface area contributed by atoms with E-state index in [1.54, 1.807) is 24.3 Å². The minimum atomic E-state index is -0.582. The highest BCUT2D eigenvalue weighted by Gasteiger charge is 2.20. The van der Waals surface area contributed by atoms with Crippen molar-refractivity contribution in [1.82, 2.24) is 4.98 Å². The Hall–Kier alpha value is -3.69. The average molecular weight is 479 g/mol. The number of nitrogens with one attached hydrogen (secondary N) is 1. The zero-order valence-electron chi connectivity index (χ0n) is 17.7. The summed E-state index contributed by atoms with van der Waals surface area (Å²) in [6.45, 7) is 1.31. The number of thiazole rings is 1. The van der Waals surface area contributed by atoms with Crippen molar-refractivity contribution in [2.24, 2.45) is 0 Å². The molecule has 0 bridgehead atoms. The van der Waals surface area contributed by atoms with Gasteiger partial charge in [0.25, 0.3) is 5.91 Å². The first-order chi connectivity index (χ1) is 16.0. The Morgan fingerprint density at radius 1 is 1.12 bits per heavy atom.